The normalized spacial score (nSPS) is 12.8. The number of nitrogens with zero attached hydrogens (tertiary/aromatic N) is 1. The third-order valence-electron chi connectivity index (χ3n) is 2.12. The molecular formula is C9H19N3OS. The number of carbonyl (C=O) groups excluding carboxylic acids is 1. The molecule has 0 aliphatic carbocycles. The average molecular weight is 217 g/mol. The van der Waals surface area contributed by atoms with Crippen molar-refractivity contribution in [3.63, 3.8) is 0 Å². The van der Waals surface area contributed by atoms with Crippen LogP contribution in [0.2, 0.25) is 0 Å². The zero-order valence-electron chi connectivity index (χ0n) is 8.82. The van der Waals surface area contributed by atoms with Gasteiger partial charge in [0.2, 0.25) is 5.91 Å². The van der Waals surface area contributed by atoms with Gasteiger partial charge in [0.15, 0.2) is 0 Å². The number of unbranched alkanes of at least 4 members (excludes halogenated alkanes) is 1. The lowest BCUT2D eigenvalue weighted by atomic mass is 10.2. The summed E-state index contributed by atoms with van der Waals surface area (Å²) in [6.45, 7) is 5.01. The van der Waals surface area contributed by atoms with Gasteiger partial charge in [-0.2, -0.15) is 0 Å². The molecule has 0 saturated heterocycles. The van der Waals surface area contributed by atoms with Crippen molar-refractivity contribution >= 4 is 23.1 Å². The van der Waals surface area contributed by atoms with Crippen molar-refractivity contribution in [3.8, 4) is 0 Å². The maximum Gasteiger partial charge on any atom is 0.231 e. The van der Waals surface area contributed by atoms with E-state index in [1.54, 1.807) is 0 Å². The molecule has 1 atom stereocenters. The molecule has 1 unspecified atom stereocenters. The smallest absolute Gasteiger partial charge is 0.231 e. The highest BCUT2D eigenvalue weighted by Gasteiger charge is 2.17. The Labute approximate surface area is 90.6 Å². The molecule has 0 spiro atoms. The monoisotopic (exact) mass is 217 g/mol. The van der Waals surface area contributed by atoms with Crippen LogP contribution in [0.25, 0.3) is 0 Å². The Morgan fingerprint density at radius 3 is 2.43 bits per heavy atom. The Hall–Kier alpha value is -0.680. The largest absolute Gasteiger partial charge is 0.392 e. The summed E-state index contributed by atoms with van der Waals surface area (Å²) in [5.41, 5.74) is 10.7. The number of amides is 1. The molecule has 0 rings (SSSR count). The van der Waals surface area contributed by atoms with Gasteiger partial charge in [-0.1, -0.05) is 25.6 Å². The maximum absolute atomic E-state index is 10.8. The van der Waals surface area contributed by atoms with Gasteiger partial charge >= 0.3 is 0 Å². The number of rotatable bonds is 7. The predicted molar refractivity (Wildman–Crippen MR) is 61.9 cm³/mol. The van der Waals surface area contributed by atoms with E-state index < -0.39 is 0 Å². The van der Waals surface area contributed by atoms with Crippen molar-refractivity contribution in [1.82, 2.24) is 4.90 Å². The van der Waals surface area contributed by atoms with E-state index in [1.165, 1.54) is 0 Å². The van der Waals surface area contributed by atoms with Crippen LogP contribution in [-0.2, 0) is 4.79 Å². The summed E-state index contributed by atoms with van der Waals surface area (Å²) in [5.74, 6) is -0.343. The number of hydrogen-bond donors (Lipinski definition) is 2. The minimum atomic E-state index is -0.343. The van der Waals surface area contributed by atoms with E-state index in [9.17, 15) is 4.79 Å². The molecule has 0 aromatic carbocycles. The van der Waals surface area contributed by atoms with Crippen LogP contribution in [0.5, 0.6) is 0 Å². The van der Waals surface area contributed by atoms with E-state index >= 15 is 0 Å². The lowest BCUT2D eigenvalue weighted by Crippen LogP contribution is -2.46. The fraction of sp³-hybridized carbons (Fsp3) is 0.778. The first-order chi connectivity index (χ1) is 6.49. The van der Waals surface area contributed by atoms with Gasteiger partial charge in [-0.3, -0.25) is 9.69 Å². The van der Waals surface area contributed by atoms with Gasteiger partial charge in [-0.15, -0.1) is 0 Å². The minimum absolute atomic E-state index is 0.0657. The molecule has 82 valence electrons. The van der Waals surface area contributed by atoms with Crippen molar-refractivity contribution in [1.29, 1.82) is 0 Å². The Balaban J connectivity index is 4.22. The fourth-order valence-corrected chi connectivity index (χ4v) is 1.30. The highest BCUT2D eigenvalue weighted by atomic mass is 32.1. The molecule has 0 heterocycles. The number of thiocarbonyl (C=S) groups is 1. The molecule has 4 nitrogen and oxygen atoms in total. The third-order valence-corrected chi connectivity index (χ3v) is 2.46. The van der Waals surface area contributed by atoms with Gasteiger partial charge in [0.1, 0.15) is 0 Å². The van der Waals surface area contributed by atoms with Gasteiger partial charge < -0.3 is 11.5 Å². The van der Waals surface area contributed by atoms with E-state index in [4.69, 9.17) is 23.7 Å². The summed E-state index contributed by atoms with van der Waals surface area (Å²) in [5, 5.41) is 0. The summed E-state index contributed by atoms with van der Waals surface area (Å²) in [6, 6.07) is -0.0657. The summed E-state index contributed by atoms with van der Waals surface area (Å²) in [4.78, 5) is 13.1. The fourth-order valence-electron chi connectivity index (χ4n) is 1.15. The molecular weight excluding hydrogens is 198 g/mol. The molecule has 0 bridgehead atoms. The van der Waals surface area contributed by atoms with Crippen molar-refractivity contribution in [3.05, 3.63) is 0 Å². The van der Waals surface area contributed by atoms with Crippen LogP contribution in [-0.4, -0.2) is 34.9 Å². The molecule has 0 radical (unpaired) electrons. The molecule has 0 fully saturated rings. The Morgan fingerprint density at radius 2 is 2.07 bits per heavy atom. The molecule has 0 aromatic rings. The summed E-state index contributed by atoms with van der Waals surface area (Å²) in [7, 11) is 0. The molecule has 5 heteroatoms. The first kappa shape index (κ1) is 13.3. The highest BCUT2D eigenvalue weighted by Crippen LogP contribution is 2.02. The summed E-state index contributed by atoms with van der Waals surface area (Å²) < 4.78 is 0. The molecule has 1 amide bonds. The van der Waals surface area contributed by atoms with E-state index in [1.807, 2.05) is 11.8 Å². The van der Waals surface area contributed by atoms with Crippen molar-refractivity contribution < 1.29 is 4.79 Å². The Bertz CT molecular complexity index is 208. The van der Waals surface area contributed by atoms with Gasteiger partial charge in [-0.05, 0) is 19.9 Å². The van der Waals surface area contributed by atoms with E-state index in [0.717, 1.165) is 19.4 Å². The SMILES string of the molecule is CCCCN(CC(N)=O)C(C)C(N)=S. The Morgan fingerprint density at radius 1 is 1.50 bits per heavy atom. The second-order valence-corrected chi connectivity index (χ2v) is 3.84. The minimum Gasteiger partial charge on any atom is -0.392 e. The van der Waals surface area contributed by atoms with Crippen LogP contribution >= 0.6 is 12.2 Å². The topological polar surface area (TPSA) is 72.3 Å². The van der Waals surface area contributed by atoms with Gasteiger partial charge in [0, 0.05) is 0 Å². The first-order valence-electron chi connectivity index (χ1n) is 4.80. The average Bonchev–Trinajstić information content (AvgIpc) is 2.10. The van der Waals surface area contributed by atoms with E-state index in [-0.39, 0.29) is 18.5 Å². The third kappa shape index (κ3) is 5.14. The molecule has 0 aliphatic heterocycles. The van der Waals surface area contributed by atoms with Crippen LogP contribution in [0.15, 0.2) is 0 Å². The molecule has 0 aromatic heterocycles. The predicted octanol–water partition coefficient (Wildman–Crippen LogP) is 0.248. The van der Waals surface area contributed by atoms with Crippen LogP contribution in [0, 0.1) is 0 Å². The lowest BCUT2D eigenvalue weighted by Gasteiger charge is -2.26. The van der Waals surface area contributed by atoms with E-state index in [0.29, 0.717) is 4.99 Å². The molecule has 14 heavy (non-hydrogen) atoms. The quantitative estimate of drug-likeness (QED) is 0.600. The zero-order valence-corrected chi connectivity index (χ0v) is 9.64. The van der Waals surface area contributed by atoms with Crippen LogP contribution in [0.4, 0.5) is 0 Å². The number of nitrogens with two attached hydrogens (primary N) is 2. The highest BCUT2D eigenvalue weighted by molar-refractivity contribution is 7.80. The lowest BCUT2D eigenvalue weighted by molar-refractivity contribution is -0.119. The molecule has 0 aliphatic rings. The van der Waals surface area contributed by atoms with Gasteiger partial charge in [0.25, 0.3) is 0 Å². The van der Waals surface area contributed by atoms with Crippen molar-refractivity contribution in [2.24, 2.45) is 11.5 Å². The summed E-state index contributed by atoms with van der Waals surface area (Å²) >= 11 is 4.88. The number of primary amides is 1. The summed E-state index contributed by atoms with van der Waals surface area (Å²) in [6.07, 6.45) is 2.08. The molecule has 0 saturated carbocycles. The van der Waals surface area contributed by atoms with Crippen LogP contribution < -0.4 is 11.5 Å². The number of carbonyl (C=O) groups is 1. The maximum atomic E-state index is 10.8. The van der Waals surface area contributed by atoms with Crippen molar-refractivity contribution in [2.45, 2.75) is 32.7 Å². The Kier molecular flexibility index (Phi) is 6.40. The van der Waals surface area contributed by atoms with Crippen molar-refractivity contribution in [2.75, 3.05) is 13.1 Å². The van der Waals surface area contributed by atoms with Gasteiger partial charge in [-0.25, -0.2) is 0 Å². The molecule has 4 N–H and O–H groups in total. The second kappa shape index (κ2) is 6.73. The van der Waals surface area contributed by atoms with Gasteiger partial charge in [0.05, 0.1) is 17.6 Å². The van der Waals surface area contributed by atoms with E-state index in [2.05, 4.69) is 6.92 Å². The van der Waals surface area contributed by atoms with Crippen LogP contribution in [0.3, 0.4) is 0 Å². The standard InChI is InChI=1S/C9H19N3OS/c1-3-4-5-12(6-8(10)13)7(2)9(11)14/h7H,3-6H2,1-2H3,(H2,10,13)(H2,11,14). The van der Waals surface area contributed by atoms with Crippen LogP contribution in [0.1, 0.15) is 26.7 Å². The first-order valence-corrected chi connectivity index (χ1v) is 5.21. The number of hydrogen-bond acceptors (Lipinski definition) is 3. The zero-order chi connectivity index (χ0) is 11.1. The second-order valence-electron chi connectivity index (χ2n) is 3.37.